The first-order valence-corrected chi connectivity index (χ1v) is 12.2. The Bertz CT molecular complexity index is 1360. The molecule has 2 aromatic heterocycles. The van der Waals surface area contributed by atoms with Crippen molar-refractivity contribution in [2.24, 2.45) is 0 Å². The highest BCUT2D eigenvalue weighted by atomic mass is 35.5. The molecule has 0 N–H and O–H groups in total. The average molecular weight is 490 g/mol. The maximum atomic E-state index is 12.9. The first kappa shape index (κ1) is 23.4. The molecule has 0 bridgehead atoms. The predicted molar refractivity (Wildman–Crippen MR) is 138 cm³/mol. The number of carbonyl (C=O) groups excluding carboxylic acids is 1. The summed E-state index contributed by atoms with van der Waals surface area (Å²) in [7, 11) is 1.66. The third-order valence-electron chi connectivity index (χ3n) is 6.52. The molecule has 1 aliphatic heterocycles. The summed E-state index contributed by atoms with van der Waals surface area (Å²) in [5.41, 5.74) is 7.04. The normalized spacial score (nSPS) is 13.9. The van der Waals surface area contributed by atoms with Crippen LogP contribution in [-0.2, 0) is 16.0 Å². The van der Waals surface area contributed by atoms with Gasteiger partial charge in [0.25, 0.3) is 0 Å². The number of carbonyl (C=O) groups is 1. The van der Waals surface area contributed by atoms with E-state index in [0.717, 1.165) is 50.1 Å². The van der Waals surface area contributed by atoms with Gasteiger partial charge in [-0.15, -0.1) is 0 Å². The van der Waals surface area contributed by atoms with Crippen LogP contribution in [0.2, 0.25) is 5.02 Å². The molecule has 2 aromatic carbocycles. The number of methoxy groups -OCH3 is 1. The molecule has 4 aromatic rings. The molecule has 1 saturated heterocycles. The molecule has 3 heterocycles. The molecule has 0 spiro atoms. The van der Waals surface area contributed by atoms with Crippen LogP contribution in [0.3, 0.4) is 0 Å². The summed E-state index contributed by atoms with van der Waals surface area (Å²) >= 11 is 6.18. The highest BCUT2D eigenvalue weighted by Gasteiger charge is 2.20. The van der Waals surface area contributed by atoms with Gasteiger partial charge in [0, 0.05) is 36.3 Å². The number of aromatic nitrogens is 2. The number of imidazole rings is 1. The highest BCUT2D eigenvalue weighted by Crippen LogP contribution is 2.31. The maximum absolute atomic E-state index is 12.9. The predicted octanol–water partition coefficient (Wildman–Crippen LogP) is 5.43. The van der Waals surface area contributed by atoms with E-state index >= 15 is 0 Å². The van der Waals surface area contributed by atoms with E-state index in [1.807, 2.05) is 53.4 Å². The summed E-state index contributed by atoms with van der Waals surface area (Å²) in [4.78, 5) is 19.8. The smallest absolute Gasteiger partial charge is 0.223 e. The minimum Gasteiger partial charge on any atom is -0.497 e. The fourth-order valence-electron chi connectivity index (χ4n) is 4.62. The molecule has 0 atom stereocenters. The Morgan fingerprint density at radius 1 is 1.06 bits per heavy atom. The largest absolute Gasteiger partial charge is 0.497 e. The Morgan fingerprint density at radius 2 is 1.80 bits per heavy atom. The first-order valence-electron chi connectivity index (χ1n) is 11.8. The molecule has 0 radical (unpaired) electrons. The van der Waals surface area contributed by atoms with Gasteiger partial charge >= 0.3 is 0 Å². The SMILES string of the molecule is COc1ccc(-c2nc3ccc(-c4ccc(Cl)cc4C)cn3c2CCC(=O)N2CCOCC2)cc1. The lowest BCUT2D eigenvalue weighted by atomic mass is 10.0. The van der Waals surface area contributed by atoms with Crippen LogP contribution in [0.25, 0.3) is 28.0 Å². The summed E-state index contributed by atoms with van der Waals surface area (Å²) in [6.07, 6.45) is 3.11. The second-order valence-electron chi connectivity index (χ2n) is 8.73. The van der Waals surface area contributed by atoms with Crippen molar-refractivity contribution in [1.29, 1.82) is 0 Å². The molecule has 1 fully saturated rings. The van der Waals surface area contributed by atoms with Crippen LogP contribution in [0.15, 0.2) is 60.8 Å². The van der Waals surface area contributed by atoms with E-state index in [1.54, 1.807) is 7.11 Å². The lowest BCUT2D eigenvalue weighted by Gasteiger charge is -2.26. The zero-order valence-electron chi connectivity index (χ0n) is 20.0. The topological polar surface area (TPSA) is 56.1 Å². The highest BCUT2D eigenvalue weighted by molar-refractivity contribution is 6.30. The number of fused-ring (bicyclic) bond motifs is 1. The summed E-state index contributed by atoms with van der Waals surface area (Å²) in [6, 6.07) is 17.9. The Hall–Kier alpha value is -3.35. The molecule has 5 rings (SSSR count). The molecule has 180 valence electrons. The van der Waals surface area contributed by atoms with E-state index < -0.39 is 0 Å². The average Bonchev–Trinajstić information content (AvgIpc) is 3.25. The van der Waals surface area contributed by atoms with Gasteiger partial charge in [-0.05, 0) is 78.6 Å². The van der Waals surface area contributed by atoms with E-state index in [-0.39, 0.29) is 5.91 Å². The molecular formula is C28H28ClN3O3. The zero-order valence-corrected chi connectivity index (χ0v) is 20.7. The minimum absolute atomic E-state index is 0.147. The van der Waals surface area contributed by atoms with Gasteiger partial charge in [0.05, 0.1) is 31.7 Å². The van der Waals surface area contributed by atoms with E-state index in [1.165, 1.54) is 0 Å². The van der Waals surface area contributed by atoms with E-state index in [4.69, 9.17) is 26.1 Å². The van der Waals surface area contributed by atoms with Gasteiger partial charge < -0.3 is 18.8 Å². The summed E-state index contributed by atoms with van der Waals surface area (Å²) in [5.74, 6) is 0.940. The molecule has 7 heteroatoms. The Labute approximate surface area is 210 Å². The second kappa shape index (κ2) is 10.1. The maximum Gasteiger partial charge on any atom is 0.223 e. The fourth-order valence-corrected chi connectivity index (χ4v) is 4.85. The summed E-state index contributed by atoms with van der Waals surface area (Å²) < 4.78 is 12.8. The number of halogens is 1. The van der Waals surface area contributed by atoms with Gasteiger partial charge in [0.1, 0.15) is 11.4 Å². The van der Waals surface area contributed by atoms with Crippen molar-refractivity contribution in [3.05, 3.63) is 77.1 Å². The van der Waals surface area contributed by atoms with Crippen LogP contribution < -0.4 is 4.74 Å². The molecule has 1 amide bonds. The van der Waals surface area contributed by atoms with Crippen LogP contribution in [-0.4, -0.2) is 53.6 Å². The molecule has 0 saturated carbocycles. The summed E-state index contributed by atoms with van der Waals surface area (Å²) in [6.45, 7) is 4.56. The summed E-state index contributed by atoms with van der Waals surface area (Å²) in [5, 5.41) is 0.721. The molecule has 6 nitrogen and oxygen atoms in total. The number of benzene rings is 2. The number of pyridine rings is 1. The third kappa shape index (κ3) is 4.90. The van der Waals surface area contributed by atoms with Crippen LogP contribution in [0.5, 0.6) is 5.75 Å². The van der Waals surface area contributed by atoms with Crippen LogP contribution in [0.1, 0.15) is 17.7 Å². The monoisotopic (exact) mass is 489 g/mol. The van der Waals surface area contributed by atoms with Crippen molar-refractivity contribution >= 4 is 23.2 Å². The van der Waals surface area contributed by atoms with E-state index in [2.05, 4.69) is 23.6 Å². The Morgan fingerprint density at radius 3 is 2.51 bits per heavy atom. The minimum atomic E-state index is 0.147. The van der Waals surface area contributed by atoms with Gasteiger partial charge in [0.15, 0.2) is 0 Å². The quantitative estimate of drug-likeness (QED) is 0.362. The van der Waals surface area contributed by atoms with Crippen molar-refractivity contribution in [1.82, 2.24) is 14.3 Å². The number of rotatable bonds is 6. The van der Waals surface area contributed by atoms with Gasteiger partial charge in [-0.25, -0.2) is 4.98 Å². The number of morpholine rings is 1. The van der Waals surface area contributed by atoms with E-state index in [0.29, 0.717) is 39.1 Å². The Balaban J connectivity index is 1.55. The van der Waals surface area contributed by atoms with Gasteiger partial charge in [-0.2, -0.15) is 0 Å². The number of aryl methyl sites for hydroxylation is 2. The number of hydrogen-bond donors (Lipinski definition) is 0. The van der Waals surface area contributed by atoms with Crippen LogP contribution in [0.4, 0.5) is 0 Å². The molecule has 0 unspecified atom stereocenters. The third-order valence-corrected chi connectivity index (χ3v) is 6.75. The lowest BCUT2D eigenvalue weighted by Crippen LogP contribution is -2.40. The van der Waals surface area contributed by atoms with Crippen LogP contribution in [0, 0.1) is 6.92 Å². The Kier molecular flexibility index (Phi) is 6.75. The second-order valence-corrected chi connectivity index (χ2v) is 9.17. The van der Waals surface area contributed by atoms with Crippen molar-refractivity contribution in [3.8, 4) is 28.1 Å². The fraction of sp³-hybridized carbons (Fsp3) is 0.286. The number of amides is 1. The van der Waals surface area contributed by atoms with Crippen molar-refractivity contribution in [2.75, 3.05) is 33.4 Å². The van der Waals surface area contributed by atoms with Crippen molar-refractivity contribution in [3.63, 3.8) is 0 Å². The lowest BCUT2D eigenvalue weighted by molar-refractivity contribution is -0.135. The first-order chi connectivity index (χ1) is 17.0. The van der Waals surface area contributed by atoms with Gasteiger partial charge in [0.2, 0.25) is 5.91 Å². The van der Waals surface area contributed by atoms with Crippen molar-refractivity contribution < 1.29 is 14.3 Å². The van der Waals surface area contributed by atoms with Crippen LogP contribution >= 0.6 is 11.6 Å². The zero-order chi connectivity index (χ0) is 24.4. The van der Waals surface area contributed by atoms with Crippen molar-refractivity contribution in [2.45, 2.75) is 19.8 Å². The number of ether oxygens (including phenoxy) is 2. The molecule has 0 aliphatic carbocycles. The molecule has 35 heavy (non-hydrogen) atoms. The number of hydrogen-bond acceptors (Lipinski definition) is 4. The number of nitrogens with zero attached hydrogens (tertiary/aromatic N) is 3. The van der Waals surface area contributed by atoms with Gasteiger partial charge in [-0.1, -0.05) is 17.7 Å². The molecule has 1 aliphatic rings. The molecular weight excluding hydrogens is 462 g/mol. The van der Waals surface area contributed by atoms with Gasteiger partial charge in [-0.3, -0.25) is 4.79 Å². The standard InChI is InChI=1S/C28H28ClN3O3/c1-19-17-22(29)6-9-24(19)21-5-11-26-30-28(20-3-7-23(34-2)8-4-20)25(32(26)18-21)10-12-27(33)31-13-15-35-16-14-31/h3-9,11,17-18H,10,12-16H2,1-2H3. The van der Waals surface area contributed by atoms with E-state index in [9.17, 15) is 4.79 Å².